The van der Waals surface area contributed by atoms with E-state index in [9.17, 15) is 0 Å². The maximum Gasteiger partial charge on any atom is 0.120 e. The van der Waals surface area contributed by atoms with Crippen molar-refractivity contribution in [3.05, 3.63) is 40.8 Å². The van der Waals surface area contributed by atoms with Gasteiger partial charge >= 0.3 is 0 Å². The summed E-state index contributed by atoms with van der Waals surface area (Å²) in [6.07, 6.45) is 4.21. The summed E-state index contributed by atoms with van der Waals surface area (Å²) < 4.78 is 6.54. The summed E-state index contributed by atoms with van der Waals surface area (Å²) >= 11 is 3.44. The predicted molar refractivity (Wildman–Crippen MR) is 82.4 cm³/mol. The molecule has 4 nitrogen and oxygen atoms in total. The van der Waals surface area contributed by atoms with Crippen molar-refractivity contribution in [1.82, 2.24) is 15.3 Å². The molecule has 2 aromatic rings. The Morgan fingerprint density at radius 1 is 1.35 bits per heavy atom. The van der Waals surface area contributed by atoms with Crippen molar-refractivity contribution in [2.45, 2.75) is 25.4 Å². The SMILES string of the molecule is Brc1ccc(-c2cnc(CNC3CCCOC3)[nH]2)cc1. The first-order valence-electron chi connectivity index (χ1n) is 6.92. The van der Waals surface area contributed by atoms with E-state index >= 15 is 0 Å². The highest BCUT2D eigenvalue weighted by Gasteiger charge is 2.13. The third-order valence-corrected chi connectivity index (χ3v) is 4.03. The van der Waals surface area contributed by atoms with Crippen LogP contribution in [0.5, 0.6) is 0 Å². The van der Waals surface area contributed by atoms with Crippen LogP contribution in [-0.2, 0) is 11.3 Å². The van der Waals surface area contributed by atoms with Crippen molar-refractivity contribution in [3.63, 3.8) is 0 Å². The molecule has 2 N–H and O–H groups in total. The molecule has 20 heavy (non-hydrogen) atoms. The molecule has 1 saturated heterocycles. The zero-order valence-corrected chi connectivity index (χ0v) is 12.8. The number of rotatable bonds is 4. The number of hydrogen-bond acceptors (Lipinski definition) is 3. The van der Waals surface area contributed by atoms with Crippen molar-refractivity contribution in [1.29, 1.82) is 0 Å². The number of H-pyrrole nitrogens is 1. The van der Waals surface area contributed by atoms with Gasteiger partial charge in [0.1, 0.15) is 5.82 Å². The lowest BCUT2D eigenvalue weighted by molar-refractivity contribution is 0.0697. The van der Waals surface area contributed by atoms with Gasteiger partial charge in [-0.15, -0.1) is 0 Å². The zero-order valence-electron chi connectivity index (χ0n) is 11.2. The van der Waals surface area contributed by atoms with E-state index in [0.717, 1.165) is 47.7 Å². The Morgan fingerprint density at radius 2 is 2.20 bits per heavy atom. The summed E-state index contributed by atoms with van der Waals surface area (Å²) in [5.74, 6) is 0.966. The Balaban J connectivity index is 1.60. The van der Waals surface area contributed by atoms with E-state index in [4.69, 9.17) is 4.74 Å². The molecule has 1 fully saturated rings. The van der Waals surface area contributed by atoms with Crippen LogP contribution in [0.15, 0.2) is 34.9 Å². The summed E-state index contributed by atoms with van der Waals surface area (Å²) in [7, 11) is 0. The molecule has 1 aromatic heterocycles. The molecule has 3 rings (SSSR count). The standard InChI is InChI=1S/C15H18BrN3O/c16-12-5-3-11(4-6-12)14-8-18-15(19-14)9-17-13-2-1-7-20-10-13/h3-6,8,13,17H,1-2,7,9-10H2,(H,18,19). The van der Waals surface area contributed by atoms with E-state index in [2.05, 4.69) is 43.3 Å². The Morgan fingerprint density at radius 3 is 2.95 bits per heavy atom. The monoisotopic (exact) mass is 335 g/mol. The van der Waals surface area contributed by atoms with Crippen molar-refractivity contribution >= 4 is 15.9 Å². The number of nitrogens with one attached hydrogen (secondary N) is 2. The van der Waals surface area contributed by atoms with Gasteiger partial charge in [-0.05, 0) is 30.5 Å². The molecule has 0 radical (unpaired) electrons. The highest BCUT2D eigenvalue weighted by Crippen LogP contribution is 2.20. The van der Waals surface area contributed by atoms with Crippen LogP contribution in [0, 0.1) is 0 Å². The van der Waals surface area contributed by atoms with Gasteiger partial charge in [-0.1, -0.05) is 28.1 Å². The van der Waals surface area contributed by atoms with Crippen LogP contribution in [0.2, 0.25) is 0 Å². The van der Waals surface area contributed by atoms with E-state index in [-0.39, 0.29) is 0 Å². The lowest BCUT2D eigenvalue weighted by Crippen LogP contribution is -2.36. The van der Waals surface area contributed by atoms with Gasteiger partial charge in [0.25, 0.3) is 0 Å². The molecular formula is C15H18BrN3O. The number of aromatic nitrogens is 2. The van der Waals surface area contributed by atoms with Gasteiger partial charge in [0.2, 0.25) is 0 Å². The minimum atomic E-state index is 0.449. The zero-order chi connectivity index (χ0) is 13.8. The van der Waals surface area contributed by atoms with Gasteiger partial charge in [-0.2, -0.15) is 0 Å². The van der Waals surface area contributed by atoms with Gasteiger partial charge in [-0.25, -0.2) is 4.98 Å². The molecule has 0 saturated carbocycles. The highest BCUT2D eigenvalue weighted by molar-refractivity contribution is 9.10. The van der Waals surface area contributed by atoms with Gasteiger partial charge in [0, 0.05) is 17.1 Å². The Labute approximate surface area is 127 Å². The fourth-order valence-electron chi connectivity index (χ4n) is 2.37. The minimum Gasteiger partial charge on any atom is -0.380 e. The first kappa shape index (κ1) is 13.8. The van der Waals surface area contributed by atoms with Gasteiger partial charge < -0.3 is 15.0 Å². The van der Waals surface area contributed by atoms with Crippen LogP contribution in [-0.4, -0.2) is 29.2 Å². The number of benzene rings is 1. The first-order chi connectivity index (χ1) is 9.81. The second-order valence-corrected chi connectivity index (χ2v) is 5.96. The molecule has 1 aliphatic rings. The summed E-state index contributed by atoms with van der Waals surface area (Å²) in [6.45, 7) is 2.46. The molecule has 0 aliphatic carbocycles. The van der Waals surface area contributed by atoms with Crippen LogP contribution in [0.25, 0.3) is 11.3 Å². The first-order valence-corrected chi connectivity index (χ1v) is 7.71. The molecule has 0 bridgehead atoms. The fourth-order valence-corrected chi connectivity index (χ4v) is 2.64. The number of hydrogen-bond donors (Lipinski definition) is 2. The molecule has 0 amide bonds. The predicted octanol–water partition coefficient (Wildman–Crippen LogP) is 3.11. The molecule has 5 heteroatoms. The molecule has 2 heterocycles. The smallest absolute Gasteiger partial charge is 0.120 e. The van der Waals surface area contributed by atoms with Crippen LogP contribution >= 0.6 is 15.9 Å². The van der Waals surface area contributed by atoms with Crippen LogP contribution < -0.4 is 5.32 Å². The van der Waals surface area contributed by atoms with Gasteiger partial charge in [-0.3, -0.25) is 0 Å². The normalized spacial score (nSPS) is 19.1. The second-order valence-electron chi connectivity index (χ2n) is 5.05. The number of nitrogens with zero attached hydrogens (tertiary/aromatic N) is 1. The van der Waals surface area contributed by atoms with E-state index in [0.29, 0.717) is 6.04 Å². The third kappa shape index (κ3) is 3.48. The summed E-state index contributed by atoms with van der Waals surface area (Å²) in [5, 5.41) is 3.49. The van der Waals surface area contributed by atoms with Crippen molar-refractivity contribution in [2.24, 2.45) is 0 Å². The van der Waals surface area contributed by atoms with Crippen molar-refractivity contribution < 1.29 is 4.74 Å². The Kier molecular flexibility index (Phi) is 4.50. The van der Waals surface area contributed by atoms with Gasteiger partial charge in [0.15, 0.2) is 0 Å². The van der Waals surface area contributed by atoms with Crippen molar-refractivity contribution in [3.8, 4) is 11.3 Å². The maximum absolute atomic E-state index is 5.46. The molecule has 106 valence electrons. The van der Waals surface area contributed by atoms with Crippen molar-refractivity contribution in [2.75, 3.05) is 13.2 Å². The maximum atomic E-state index is 5.46. The topological polar surface area (TPSA) is 49.9 Å². The molecule has 1 atom stereocenters. The summed E-state index contributed by atoms with van der Waals surface area (Å²) in [6, 6.07) is 8.67. The number of ether oxygens (including phenoxy) is 1. The van der Waals surface area contributed by atoms with E-state index in [1.54, 1.807) is 0 Å². The Bertz CT molecular complexity index is 547. The van der Waals surface area contributed by atoms with Crippen LogP contribution in [0.3, 0.4) is 0 Å². The molecular weight excluding hydrogens is 318 g/mol. The lowest BCUT2D eigenvalue weighted by atomic mass is 10.1. The summed E-state index contributed by atoms with van der Waals surface area (Å²) in [5.41, 5.74) is 2.20. The summed E-state index contributed by atoms with van der Waals surface area (Å²) in [4.78, 5) is 7.79. The quantitative estimate of drug-likeness (QED) is 0.902. The molecule has 1 aromatic carbocycles. The average Bonchev–Trinajstić information content (AvgIpc) is 2.96. The Hall–Kier alpha value is -1.17. The number of aromatic amines is 1. The molecule has 1 aliphatic heterocycles. The van der Waals surface area contributed by atoms with E-state index < -0.39 is 0 Å². The molecule has 0 spiro atoms. The average molecular weight is 336 g/mol. The second kappa shape index (κ2) is 6.52. The van der Waals surface area contributed by atoms with Crippen LogP contribution in [0.1, 0.15) is 18.7 Å². The van der Waals surface area contributed by atoms with Gasteiger partial charge in [0.05, 0.1) is 25.0 Å². The number of halogens is 1. The van der Waals surface area contributed by atoms with E-state index in [1.807, 2.05) is 18.3 Å². The lowest BCUT2D eigenvalue weighted by Gasteiger charge is -2.22. The number of imidazole rings is 1. The van der Waals surface area contributed by atoms with Crippen LogP contribution in [0.4, 0.5) is 0 Å². The molecule has 1 unspecified atom stereocenters. The minimum absolute atomic E-state index is 0.449. The highest BCUT2D eigenvalue weighted by atomic mass is 79.9. The van der Waals surface area contributed by atoms with E-state index in [1.165, 1.54) is 6.42 Å². The fraction of sp³-hybridized carbons (Fsp3) is 0.400. The largest absolute Gasteiger partial charge is 0.380 e. The third-order valence-electron chi connectivity index (χ3n) is 3.50.